The van der Waals surface area contributed by atoms with Gasteiger partial charge in [-0.05, 0) is 36.4 Å². The van der Waals surface area contributed by atoms with Crippen molar-refractivity contribution in [1.82, 2.24) is 5.32 Å². The number of amides is 2. The summed E-state index contributed by atoms with van der Waals surface area (Å²) in [4.78, 5) is 11.6. The highest BCUT2D eigenvalue weighted by atomic mass is 32.2. The quantitative estimate of drug-likeness (QED) is 0.830. The third-order valence-corrected chi connectivity index (χ3v) is 4.59. The van der Waals surface area contributed by atoms with Crippen LogP contribution in [-0.2, 0) is 9.84 Å². The van der Waals surface area contributed by atoms with E-state index in [0.717, 1.165) is 12.1 Å². The van der Waals surface area contributed by atoms with Gasteiger partial charge in [-0.25, -0.2) is 17.6 Å². The molecule has 7 heteroatoms. The summed E-state index contributed by atoms with van der Waals surface area (Å²) < 4.78 is 36.8. The highest BCUT2D eigenvalue weighted by Gasteiger charge is 2.14. The average molecular weight is 322 g/mol. The van der Waals surface area contributed by atoms with E-state index in [1.165, 1.54) is 12.1 Å². The molecule has 0 fully saturated rings. The van der Waals surface area contributed by atoms with Gasteiger partial charge in [0, 0.05) is 12.2 Å². The first-order valence-electron chi connectivity index (χ1n) is 6.55. The molecule has 0 bridgehead atoms. The Hall–Kier alpha value is -2.41. The molecule has 2 aromatic carbocycles. The topological polar surface area (TPSA) is 75.3 Å². The molecule has 0 saturated heterocycles. The Kier molecular flexibility index (Phi) is 5.11. The van der Waals surface area contributed by atoms with Crippen LogP contribution in [0.3, 0.4) is 0 Å². The van der Waals surface area contributed by atoms with Crippen molar-refractivity contribution in [3.8, 4) is 0 Å². The predicted molar refractivity (Wildman–Crippen MR) is 81.9 cm³/mol. The van der Waals surface area contributed by atoms with Crippen molar-refractivity contribution < 1.29 is 17.6 Å². The molecule has 2 N–H and O–H groups in total. The number of nitrogens with one attached hydrogen (secondary N) is 2. The van der Waals surface area contributed by atoms with E-state index < -0.39 is 21.7 Å². The number of hydrogen-bond donors (Lipinski definition) is 2. The Morgan fingerprint density at radius 2 is 1.64 bits per heavy atom. The molecule has 2 aromatic rings. The molecular formula is C15H15FN2O3S. The number of hydrogen-bond acceptors (Lipinski definition) is 3. The fourth-order valence-corrected chi connectivity index (χ4v) is 2.91. The lowest BCUT2D eigenvalue weighted by atomic mass is 10.3. The lowest BCUT2D eigenvalue weighted by molar-refractivity contribution is 0.252. The standard InChI is InChI=1S/C15H15FN2O3S/c16-12-6-8-14(9-7-12)22(20,21)11-10-17-15(19)18-13-4-2-1-3-5-13/h1-9H,10-11H2,(H2,17,18,19). The Balaban J connectivity index is 1.85. The minimum absolute atomic E-state index is 0.0270. The van der Waals surface area contributed by atoms with Crippen molar-refractivity contribution >= 4 is 21.6 Å². The largest absolute Gasteiger partial charge is 0.337 e. The number of urea groups is 1. The summed E-state index contributed by atoms with van der Waals surface area (Å²) in [6.07, 6.45) is 0. The predicted octanol–water partition coefficient (Wildman–Crippen LogP) is 2.42. The average Bonchev–Trinajstić information content (AvgIpc) is 2.48. The molecule has 0 aliphatic carbocycles. The van der Waals surface area contributed by atoms with E-state index in [-0.39, 0.29) is 17.2 Å². The van der Waals surface area contributed by atoms with Gasteiger partial charge in [0.05, 0.1) is 10.6 Å². The molecule has 0 aliphatic rings. The monoisotopic (exact) mass is 322 g/mol. The summed E-state index contributed by atoms with van der Waals surface area (Å²) in [5.41, 5.74) is 0.612. The second-order valence-electron chi connectivity index (χ2n) is 4.52. The normalized spacial score (nSPS) is 11.0. The van der Waals surface area contributed by atoms with Crippen LogP contribution in [0.4, 0.5) is 14.9 Å². The van der Waals surface area contributed by atoms with Crippen LogP contribution in [0.25, 0.3) is 0 Å². The molecule has 22 heavy (non-hydrogen) atoms. The zero-order chi connectivity index (χ0) is 16.0. The van der Waals surface area contributed by atoms with Crippen LogP contribution in [0.2, 0.25) is 0 Å². The smallest absolute Gasteiger partial charge is 0.319 e. The number of benzene rings is 2. The molecule has 0 unspecified atom stereocenters. The number of para-hydroxylation sites is 1. The lowest BCUT2D eigenvalue weighted by Gasteiger charge is -2.08. The van der Waals surface area contributed by atoms with Crippen LogP contribution in [-0.4, -0.2) is 26.7 Å². The van der Waals surface area contributed by atoms with E-state index in [2.05, 4.69) is 10.6 Å². The minimum atomic E-state index is -3.55. The van der Waals surface area contributed by atoms with E-state index in [4.69, 9.17) is 0 Å². The molecule has 0 saturated carbocycles. The number of carbonyl (C=O) groups is 1. The number of sulfone groups is 1. The molecule has 0 radical (unpaired) electrons. The molecule has 2 rings (SSSR count). The molecule has 0 aromatic heterocycles. The van der Waals surface area contributed by atoms with Gasteiger partial charge < -0.3 is 10.6 Å². The minimum Gasteiger partial charge on any atom is -0.337 e. The van der Waals surface area contributed by atoms with Crippen LogP contribution >= 0.6 is 0 Å². The Labute approximate surface area is 128 Å². The molecule has 0 spiro atoms. The lowest BCUT2D eigenvalue weighted by Crippen LogP contribution is -2.32. The Morgan fingerprint density at radius 3 is 2.27 bits per heavy atom. The molecule has 0 aliphatic heterocycles. The molecule has 0 atom stereocenters. The first kappa shape index (κ1) is 16.0. The van der Waals surface area contributed by atoms with Gasteiger partial charge in [-0.3, -0.25) is 0 Å². The van der Waals surface area contributed by atoms with Crippen molar-refractivity contribution in [2.45, 2.75) is 4.90 Å². The molecule has 5 nitrogen and oxygen atoms in total. The van der Waals surface area contributed by atoms with Gasteiger partial charge in [0.2, 0.25) is 0 Å². The maximum atomic E-state index is 12.8. The maximum absolute atomic E-state index is 12.8. The summed E-state index contributed by atoms with van der Waals surface area (Å²) in [7, 11) is -3.55. The van der Waals surface area contributed by atoms with Gasteiger partial charge in [0.1, 0.15) is 5.82 Å². The van der Waals surface area contributed by atoms with E-state index in [1.807, 2.05) is 6.07 Å². The van der Waals surface area contributed by atoms with Gasteiger partial charge in [-0.15, -0.1) is 0 Å². The van der Waals surface area contributed by atoms with Crippen LogP contribution < -0.4 is 10.6 Å². The van der Waals surface area contributed by atoms with Gasteiger partial charge in [0.25, 0.3) is 0 Å². The van der Waals surface area contributed by atoms with Gasteiger partial charge in [-0.2, -0.15) is 0 Å². The van der Waals surface area contributed by atoms with E-state index in [1.54, 1.807) is 24.3 Å². The second kappa shape index (κ2) is 7.04. The maximum Gasteiger partial charge on any atom is 0.319 e. The van der Waals surface area contributed by atoms with Crippen molar-refractivity contribution in [2.24, 2.45) is 0 Å². The Bertz CT molecular complexity index is 731. The fourth-order valence-electron chi connectivity index (χ4n) is 1.76. The van der Waals surface area contributed by atoms with Gasteiger partial charge >= 0.3 is 6.03 Å². The van der Waals surface area contributed by atoms with Crippen molar-refractivity contribution in [3.05, 3.63) is 60.4 Å². The number of anilines is 1. The Morgan fingerprint density at radius 1 is 1.00 bits per heavy atom. The summed E-state index contributed by atoms with van der Waals surface area (Å²) >= 11 is 0. The van der Waals surface area contributed by atoms with E-state index >= 15 is 0 Å². The number of carbonyl (C=O) groups excluding carboxylic acids is 1. The summed E-state index contributed by atoms with van der Waals surface area (Å²) in [5, 5.41) is 5.05. The second-order valence-corrected chi connectivity index (χ2v) is 6.63. The zero-order valence-electron chi connectivity index (χ0n) is 11.6. The van der Waals surface area contributed by atoms with Crippen molar-refractivity contribution in [1.29, 1.82) is 0 Å². The zero-order valence-corrected chi connectivity index (χ0v) is 12.4. The number of halogens is 1. The van der Waals surface area contributed by atoms with E-state index in [9.17, 15) is 17.6 Å². The highest BCUT2D eigenvalue weighted by Crippen LogP contribution is 2.11. The molecular weight excluding hydrogens is 307 g/mol. The third-order valence-electron chi connectivity index (χ3n) is 2.86. The van der Waals surface area contributed by atoms with Gasteiger partial charge in [-0.1, -0.05) is 18.2 Å². The van der Waals surface area contributed by atoms with Gasteiger partial charge in [0.15, 0.2) is 9.84 Å². The van der Waals surface area contributed by atoms with E-state index in [0.29, 0.717) is 5.69 Å². The fraction of sp³-hybridized carbons (Fsp3) is 0.133. The van der Waals surface area contributed by atoms with Crippen molar-refractivity contribution in [3.63, 3.8) is 0 Å². The summed E-state index contributed by atoms with van der Waals surface area (Å²) in [5.74, 6) is -0.764. The van der Waals surface area contributed by atoms with Crippen LogP contribution in [0.15, 0.2) is 59.5 Å². The highest BCUT2D eigenvalue weighted by molar-refractivity contribution is 7.91. The third kappa shape index (κ3) is 4.56. The van der Waals surface area contributed by atoms with Crippen LogP contribution in [0, 0.1) is 5.82 Å². The molecule has 2 amide bonds. The number of rotatable bonds is 5. The summed E-state index contributed by atoms with van der Waals surface area (Å²) in [6.45, 7) is -0.0433. The first-order valence-corrected chi connectivity index (χ1v) is 8.21. The van der Waals surface area contributed by atoms with Crippen LogP contribution in [0.5, 0.6) is 0 Å². The molecule has 116 valence electrons. The first-order chi connectivity index (χ1) is 10.5. The van der Waals surface area contributed by atoms with Crippen LogP contribution in [0.1, 0.15) is 0 Å². The molecule has 0 heterocycles. The van der Waals surface area contributed by atoms with Crippen molar-refractivity contribution in [2.75, 3.05) is 17.6 Å². The summed E-state index contributed by atoms with van der Waals surface area (Å²) in [6, 6.07) is 12.9. The SMILES string of the molecule is O=C(NCCS(=O)(=O)c1ccc(F)cc1)Nc1ccccc1.